The number of carbonyl (C=O) groups excluding carboxylic acids is 2. The van der Waals surface area contributed by atoms with Crippen LogP contribution in [0, 0.1) is 0 Å². The van der Waals surface area contributed by atoms with Crippen molar-refractivity contribution in [2.75, 3.05) is 13.6 Å². The minimum atomic E-state index is -1.20. The Balaban J connectivity index is 1.42. The lowest BCUT2D eigenvalue weighted by Crippen LogP contribution is -2.63. The van der Waals surface area contributed by atoms with Crippen LogP contribution in [0.1, 0.15) is 69.4 Å². The average Bonchev–Trinajstić information content (AvgIpc) is 3.41. The third-order valence-corrected chi connectivity index (χ3v) is 8.44. The topological polar surface area (TPSA) is 104 Å². The number of Topliss-reactive ketones (excluding diaryl/α,β-unsaturated/α-hetero) is 1. The van der Waals surface area contributed by atoms with Crippen molar-refractivity contribution in [3.63, 3.8) is 0 Å². The van der Waals surface area contributed by atoms with Crippen LogP contribution in [-0.2, 0) is 13.0 Å². The van der Waals surface area contributed by atoms with E-state index < -0.39 is 11.6 Å². The molecule has 0 bridgehead atoms. The Labute approximate surface area is 208 Å². The third kappa shape index (κ3) is 4.52. The van der Waals surface area contributed by atoms with Gasteiger partial charge in [0.1, 0.15) is 5.54 Å². The van der Waals surface area contributed by atoms with Crippen LogP contribution in [0.2, 0.25) is 5.02 Å². The molecule has 1 aromatic carbocycles. The minimum absolute atomic E-state index is 0.174. The van der Waals surface area contributed by atoms with E-state index in [2.05, 4.69) is 27.2 Å². The van der Waals surface area contributed by atoms with E-state index in [0.29, 0.717) is 28.6 Å². The van der Waals surface area contributed by atoms with Crippen LogP contribution in [-0.4, -0.2) is 51.7 Å². The number of nitrogens with two attached hydrogens (primary N) is 1. The van der Waals surface area contributed by atoms with E-state index in [1.165, 1.54) is 11.3 Å². The molecule has 3 aromatic rings. The molecule has 2 unspecified atom stereocenters. The summed E-state index contributed by atoms with van der Waals surface area (Å²) in [6.45, 7) is 1.75. The summed E-state index contributed by atoms with van der Waals surface area (Å²) in [5, 5.41) is 5.06. The molecule has 1 fully saturated rings. The van der Waals surface area contributed by atoms with Crippen LogP contribution in [0.4, 0.5) is 0 Å². The number of hydrogen-bond donors (Lipinski definition) is 3. The number of carbonyl (C=O) groups is 2. The van der Waals surface area contributed by atoms with E-state index in [-0.39, 0.29) is 11.7 Å². The van der Waals surface area contributed by atoms with Crippen LogP contribution in [0.15, 0.2) is 24.3 Å². The number of ketones is 1. The standard InChI is InChI=1S/C25H30ClN5O2S/c1-31-11-9-18-20(14-31)34-24(29-18)23(33)30-21-6-4-2-3-5-10-25(21,27)22(32)19-13-15-12-16(26)7-8-17(15)28-19/h7-8,12-13,21,28H,2-6,9-11,14,27H2,1H3,(H,30,33). The molecule has 2 aliphatic rings. The van der Waals surface area contributed by atoms with E-state index >= 15 is 0 Å². The Hall–Kier alpha value is -2.26. The summed E-state index contributed by atoms with van der Waals surface area (Å²) in [6.07, 6.45) is 5.89. The highest BCUT2D eigenvalue weighted by Crippen LogP contribution is 2.31. The number of nitrogens with one attached hydrogen (secondary N) is 2. The largest absolute Gasteiger partial charge is 0.352 e. The summed E-state index contributed by atoms with van der Waals surface area (Å²) in [5.74, 6) is -0.411. The van der Waals surface area contributed by atoms with Crippen molar-refractivity contribution in [3.8, 4) is 0 Å². The van der Waals surface area contributed by atoms with E-state index in [1.54, 1.807) is 12.1 Å². The maximum atomic E-state index is 13.8. The number of likely N-dealkylation sites (N-methyl/N-ethyl adjacent to an activating group) is 1. The Bertz CT molecular complexity index is 1240. The second-order valence-electron chi connectivity index (χ2n) is 9.64. The van der Waals surface area contributed by atoms with Crippen LogP contribution >= 0.6 is 22.9 Å². The molecule has 1 saturated carbocycles. The zero-order valence-corrected chi connectivity index (χ0v) is 20.9. The molecule has 1 aliphatic carbocycles. The predicted octanol–water partition coefficient (Wildman–Crippen LogP) is 4.30. The van der Waals surface area contributed by atoms with Gasteiger partial charge < -0.3 is 20.9 Å². The van der Waals surface area contributed by atoms with Gasteiger partial charge in [-0.3, -0.25) is 9.59 Å². The molecule has 180 valence electrons. The van der Waals surface area contributed by atoms with Gasteiger partial charge in [0.2, 0.25) is 5.78 Å². The van der Waals surface area contributed by atoms with Gasteiger partial charge in [-0.1, -0.05) is 37.3 Å². The maximum absolute atomic E-state index is 13.8. The predicted molar refractivity (Wildman–Crippen MR) is 136 cm³/mol. The molecule has 0 spiro atoms. The molecule has 3 heterocycles. The number of aromatic amines is 1. The lowest BCUT2D eigenvalue weighted by molar-refractivity contribution is 0.0775. The first-order chi connectivity index (χ1) is 16.3. The van der Waals surface area contributed by atoms with Gasteiger partial charge in [0, 0.05) is 40.3 Å². The molecule has 1 aliphatic heterocycles. The van der Waals surface area contributed by atoms with E-state index in [1.807, 2.05) is 12.1 Å². The highest BCUT2D eigenvalue weighted by molar-refractivity contribution is 7.13. The SMILES string of the molecule is CN1CCc2nc(C(=O)NC3CCCCCCC3(N)C(=O)c3cc4cc(Cl)ccc4[nH]3)sc2C1. The normalized spacial score (nSPS) is 23.8. The number of rotatable bonds is 4. The molecule has 2 atom stereocenters. The Kier molecular flexibility index (Phi) is 6.50. The van der Waals surface area contributed by atoms with Gasteiger partial charge in [0.25, 0.3) is 5.91 Å². The number of fused-ring (bicyclic) bond motifs is 2. The molecule has 0 saturated heterocycles. The van der Waals surface area contributed by atoms with Crippen molar-refractivity contribution < 1.29 is 9.59 Å². The maximum Gasteiger partial charge on any atom is 0.280 e. The lowest BCUT2D eigenvalue weighted by Gasteiger charge is -2.38. The summed E-state index contributed by atoms with van der Waals surface area (Å²) in [6, 6.07) is 6.81. The van der Waals surface area contributed by atoms with Gasteiger partial charge in [-0.2, -0.15) is 0 Å². The summed E-state index contributed by atoms with van der Waals surface area (Å²) >= 11 is 7.57. The summed E-state index contributed by atoms with van der Waals surface area (Å²) < 4.78 is 0. The van der Waals surface area contributed by atoms with Crippen LogP contribution in [0.3, 0.4) is 0 Å². The number of thiazole rings is 1. The first-order valence-corrected chi connectivity index (χ1v) is 13.1. The van der Waals surface area contributed by atoms with E-state index in [9.17, 15) is 9.59 Å². The molecule has 34 heavy (non-hydrogen) atoms. The number of aromatic nitrogens is 2. The molecule has 5 rings (SSSR count). The van der Waals surface area contributed by atoms with Gasteiger partial charge in [0.05, 0.1) is 17.4 Å². The molecular formula is C25H30ClN5O2S. The van der Waals surface area contributed by atoms with Crippen molar-refractivity contribution in [2.24, 2.45) is 5.73 Å². The monoisotopic (exact) mass is 499 g/mol. The number of hydrogen-bond acceptors (Lipinski definition) is 6. The van der Waals surface area contributed by atoms with Crippen LogP contribution in [0.5, 0.6) is 0 Å². The van der Waals surface area contributed by atoms with Crippen molar-refractivity contribution in [1.82, 2.24) is 20.2 Å². The van der Waals surface area contributed by atoms with Crippen molar-refractivity contribution in [2.45, 2.75) is 63.1 Å². The molecule has 1 amide bonds. The number of benzene rings is 1. The van der Waals surface area contributed by atoms with Gasteiger partial charge in [0.15, 0.2) is 5.01 Å². The fraction of sp³-hybridized carbons (Fsp3) is 0.480. The number of halogens is 1. The zero-order valence-electron chi connectivity index (χ0n) is 19.3. The molecular weight excluding hydrogens is 470 g/mol. The quantitative estimate of drug-likeness (QED) is 0.464. The third-order valence-electron chi connectivity index (χ3n) is 7.13. The highest BCUT2D eigenvalue weighted by Gasteiger charge is 2.44. The average molecular weight is 500 g/mol. The number of H-pyrrole nitrogens is 1. The van der Waals surface area contributed by atoms with Gasteiger partial charge in [-0.25, -0.2) is 4.98 Å². The minimum Gasteiger partial charge on any atom is -0.352 e. The van der Waals surface area contributed by atoms with E-state index in [4.69, 9.17) is 17.3 Å². The van der Waals surface area contributed by atoms with Gasteiger partial charge in [-0.05, 0) is 44.2 Å². The molecule has 4 N–H and O–H groups in total. The fourth-order valence-electron chi connectivity index (χ4n) is 5.14. The van der Waals surface area contributed by atoms with Crippen molar-refractivity contribution >= 4 is 45.5 Å². The Morgan fingerprint density at radius 2 is 2.09 bits per heavy atom. The van der Waals surface area contributed by atoms with Gasteiger partial charge >= 0.3 is 0 Å². The molecule has 9 heteroatoms. The molecule has 0 radical (unpaired) electrons. The Morgan fingerprint density at radius 3 is 2.94 bits per heavy atom. The second kappa shape index (κ2) is 9.41. The first-order valence-electron chi connectivity index (χ1n) is 11.9. The molecule has 7 nitrogen and oxygen atoms in total. The molecule has 2 aromatic heterocycles. The van der Waals surface area contributed by atoms with Gasteiger partial charge in [-0.15, -0.1) is 11.3 Å². The fourth-order valence-corrected chi connectivity index (χ4v) is 6.41. The van der Waals surface area contributed by atoms with Crippen LogP contribution < -0.4 is 11.1 Å². The number of nitrogens with zero attached hydrogens (tertiary/aromatic N) is 2. The zero-order chi connectivity index (χ0) is 23.9. The van der Waals surface area contributed by atoms with Crippen molar-refractivity contribution in [3.05, 3.63) is 50.6 Å². The lowest BCUT2D eigenvalue weighted by atomic mass is 9.76. The second-order valence-corrected chi connectivity index (χ2v) is 11.2. The Morgan fingerprint density at radius 1 is 1.26 bits per heavy atom. The number of amides is 1. The van der Waals surface area contributed by atoms with Crippen LogP contribution in [0.25, 0.3) is 10.9 Å². The summed E-state index contributed by atoms with van der Waals surface area (Å²) in [5.41, 5.74) is 8.01. The van der Waals surface area contributed by atoms with E-state index in [0.717, 1.165) is 66.7 Å². The highest BCUT2D eigenvalue weighted by atomic mass is 35.5. The first kappa shape index (κ1) is 23.5. The smallest absolute Gasteiger partial charge is 0.280 e. The van der Waals surface area contributed by atoms with Crippen molar-refractivity contribution in [1.29, 1.82) is 0 Å². The summed E-state index contributed by atoms with van der Waals surface area (Å²) in [4.78, 5) is 38.3. The summed E-state index contributed by atoms with van der Waals surface area (Å²) in [7, 11) is 2.07.